The van der Waals surface area contributed by atoms with Crippen LogP contribution in [0.25, 0.3) is 0 Å². The molecule has 1 aromatic carbocycles. The molecule has 0 amide bonds. The second kappa shape index (κ2) is 6.92. The molecule has 1 saturated carbocycles. The van der Waals surface area contributed by atoms with Gasteiger partial charge in [0.1, 0.15) is 5.75 Å². The number of hydrogen-bond acceptors (Lipinski definition) is 3. The summed E-state index contributed by atoms with van der Waals surface area (Å²) in [5, 5.41) is 0. The van der Waals surface area contributed by atoms with Crippen LogP contribution in [-0.4, -0.2) is 19.3 Å². The molecule has 19 heavy (non-hydrogen) atoms. The molecule has 1 aromatic rings. The van der Waals surface area contributed by atoms with Gasteiger partial charge in [-0.3, -0.25) is 0 Å². The second-order valence-corrected chi connectivity index (χ2v) is 5.51. The van der Waals surface area contributed by atoms with Gasteiger partial charge in [-0.25, -0.2) is 0 Å². The SMILES string of the molecule is CCOCc1cc(CC(C)N)ccc1OCC1CC1. The van der Waals surface area contributed by atoms with Gasteiger partial charge in [-0.05, 0) is 56.7 Å². The fourth-order valence-corrected chi connectivity index (χ4v) is 2.09. The minimum Gasteiger partial charge on any atom is -0.493 e. The van der Waals surface area contributed by atoms with Crippen molar-refractivity contribution in [2.45, 2.75) is 45.8 Å². The van der Waals surface area contributed by atoms with Gasteiger partial charge in [-0.15, -0.1) is 0 Å². The summed E-state index contributed by atoms with van der Waals surface area (Å²) in [6.45, 7) is 6.21. The van der Waals surface area contributed by atoms with Gasteiger partial charge in [-0.2, -0.15) is 0 Å². The molecule has 3 nitrogen and oxygen atoms in total. The van der Waals surface area contributed by atoms with Crippen LogP contribution in [0.15, 0.2) is 18.2 Å². The monoisotopic (exact) mass is 263 g/mol. The van der Waals surface area contributed by atoms with E-state index in [1.165, 1.54) is 18.4 Å². The molecule has 0 spiro atoms. The smallest absolute Gasteiger partial charge is 0.124 e. The molecular formula is C16H25NO2. The van der Waals surface area contributed by atoms with E-state index in [-0.39, 0.29) is 6.04 Å². The first-order valence-electron chi connectivity index (χ1n) is 7.27. The molecule has 0 bridgehead atoms. The lowest BCUT2D eigenvalue weighted by Crippen LogP contribution is -2.18. The highest BCUT2D eigenvalue weighted by atomic mass is 16.5. The van der Waals surface area contributed by atoms with Crippen LogP contribution >= 0.6 is 0 Å². The van der Waals surface area contributed by atoms with Gasteiger partial charge in [0.05, 0.1) is 13.2 Å². The molecule has 3 heteroatoms. The Bertz CT molecular complexity index is 400. The molecule has 2 N–H and O–H groups in total. The number of benzene rings is 1. The fourth-order valence-electron chi connectivity index (χ4n) is 2.09. The third-order valence-electron chi connectivity index (χ3n) is 3.32. The standard InChI is InChI=1S/C16H25NO2/c1-3-18-11-15-9-14(8-12(2)17)6-7-16(15)19-10-13-4-5-13/h6-7,9,12-13H,3-5,8,10-11,17H2,1-2H3. The van der Waals surface area contributed by atoms with Crippen molar-refractivity contribution in [2.24, 2.45) is 11.7 Å². The highest BCUT2D eigenvalue weighted by molar-refractivity contribution is 5.37. The molecule has 1 unspecified atom stereocenters. The molecule has 0 saturated heterocycles. The summed E-state index contributed by atoms with van der Waals surface area (Å²) < 4.78 is 11.4. The van der Waals surface area contributed by atoms with Crippen LogP contribution in [0.3, 0.4) is 0 Å². The molecule has 106 valence electrons. The predicted molar refractivity (Wildman–Crippen MR) is 77.3 cm³/mol. The van der Waals surface area contributed by atoms with Crippen LogP contribution in [-0.2, 0) is 17.8 Å². The van der Waals surface area contributed by atoms with Gasteiger partial charge in [0, 0.05) is 18.2 Å². The summed E-state index contributed by atoms with van der Waals surface area (Å²) in [6.07, 6.45) is 3.51. The Morgan fingerprint density at radius 1 is 1.37 bits per heavy atom. The minimum atomic E-state index is 0.179. The van der Waals surface area contributed by atoms with E-state index in [0.717, 1.165) is 36.9 Å². The molecule has 1 aliphatic rings. The highest BCUT2D eigenvalue weighted by Crippen LogP contribution is 2.31. The van der Waals surface area contributed by atoms with E-state index in [9.17, 15) is 0 Å². The molecule has 1 aliphatic carbocycles. The van der Waals surface area contributed by atoms with Crippen molar-refractivity contribution >= 4 is 0 Å². The summed E-state index contributed by atoms with van der Waals surface area (Å²) in [6, 6.07) is 6.52. The minimum absolute atomic E-state index is 0.179. The number of hydrogen-bond donors (Lipinski definition) is 1. The van der Waals surface area contributed by atoms with Crippen LogP contribution in [0.2, 0.25) is 0 Å². The molecule has 0 aliphatic heterocycles. The quantitative estimate of drug-likeness (QED) is 0.784. The van der Waals surface area contributed by atoms with Gasteiger partial charge >= 0.3 is 0 Å². The van der Waals surface area contributed by atoms with Crippen molar-refractivity contribution in [3.05, 3.63) is 29.3 Å². The first-order chi connectivity index (χ1) is 9.19. The average Bonchev–Trinajstić information content (AvgIpc) is 3.18. The molecule has 0 aromatic heterocycles. The second-order valence-electron chi connectivity index (χ2n) is 5.51. The van der Waals surface area contributed by atoms with Crippen LogP contribution in [0.1, 0.15) is 37.8 Å². The Kier molecular flexibility index (Phi) is 5.23. The molecule has 1 fully saturated rings. The molecule has 1 atom stereocenters. The third kappa shape index (κ3) is 4.84. The Labute approximate surface area is 116 Å². The Balaban J connectivity index is 2.05. The maximum atomic E-state index is 5.91. The van der Waals surface area contributed by atoms with Crippen molar-refractivity contribution in [3.8, 4) is 5.75 Å². The van der Waals surface area contributed by atoms with E-state index in [0.29, 0.717) is 6.61 Å². The van der Waals surface area contributed by atoms with Gasteiger partial charge < -0.3 is 15.2 Å². The zero-order valence-corrected chi connectivity index (χ0v) is 12.0. The number of ether oxygens (including phenoxy) is 2. The highest BCUT2D eigenvalue weighted by Gasteiger charge is 2.22. The van der Waals surface area contributed by atoms with Crippen molar-refractivity contribution in [1.82, 2.24) is 0 Å². The zero-order chi connectivity index (χ0) is 13.7. The molecule has 0 radical (unpaired) electrons. The van der Waals surface area contributed by atoms with Crippen LogP contribution in [0.4, 0.5) is 0 Å². The summed E-state index contributed by atoms with van der Waals surface area (Å²) in [7, 11) is 0. The van der Waals surface area contributed by atoms with Gasteiger partial charge in [0.2, 0.25) is 0 Å². The summed E-state index contributed by atoms with van der Waals surface area (Å²) in [5.74, 6) is 1.73. The lowest BCUT2D eigenvalue weighted by Gasteiger charge is -2.14. The first-order valence-corrected chi connectivity index (χ1v) is 7.27. The Hall–Kier alpha value is -1.06. The Morgan fingerprint density at radius 2 is 2.16 bits per heavy atom. The lowest BCUT2D eigenvalue weighted by molar-refractivity contribution is 0.130. The summed E-state index contributed by atoms with van der Waals surface area (Å²) >= 11 is 0. The zero-order valence-electron chi connectivity index (χ0n) is 12.0. The first kappa shape index (κ1) is 14.4. The Morgan fingerprint density at radius 3 is 2.79 bits per heavy atom. The summed E-state index contributed by atoms with van der Waals surface area (Å²) in [5.41, 5.74) is 8.25. The van der Waals surface area contributed by atoms with Crippen LogP contribution < -0.4 is 10.5 Å². The van der Waals surface area contributed by atoms with E-state index >= 15 is 0 Å². The third-order valence-corrected chi connectivity index (χ3v) is 3.32. The van der Waals surface area contributed by atoms with E-state index in [1.54, 1.807) is 0 Å². The molecular weight excluding hydrogens is 238 g/mol. The number of nitrogens with two attached hydrogens (primary N) is 1. The van der Waals surface area contributed by atoms with Crippen molar-refractivity contribution < 1.29 is 9.47 Å². The van der Waals surface area contributed by atoms with E-state index in [4.69, 9.17) is 15.2 Å². The predicted octanol–water partition coefficient (Wildman–Crippen LogP) is 2.90. The average molecular weight is 263 g/mol. The fraction of sp³-hybridized carbons (Fsp3) is 0.625. The van der Waals surface area contributed by atoms with E-state index in [1.807, 2.05) is 13.8 Å². The van der Waals surface area contributed by atoms with Crippen molar-refractivity contribution in [3.63, 3.8) is 0 Å². The maximum absolute atomic E-state index is 5.91. The van der Waals surface area contributed by atoms with E-state index < -0.39 is 0 Å². The summed E-state index contributed by atoms with van der Waals surface area (Å²) in [4.78, 5) is 0. The largest absolute Gasteiger partial charge is 0.493 e. The van der Waals surface area contributed by atoms with Crippen LogP contribution in [0, 0.1) is 5.92 Å². The van der Waals surface area contributed by atoms with Crippen molar-refractivity contribution in [2.75, 3.05) is 13.2 Å². The van der Waals surface area contributed by atoms with Crippen molar-refractivity contribution in [1.29, 1.82) is 0 Å². The van der Waals surface area contributed by atoms with Crippen LogP contribution in [0.5, 0.6) is 5.75 Å². The lowest BCUT2D eigenvalue weighted by atomic mass is 10.0. The molecule has 0 heterocycles. The molecule has 2 rings (SSSR count). The number of rotatable bonds is 8. The van der Waals surface area contributed by atoms with Gasteiger partial charge in [-0.1, -0.05) is 6.07 Å². The van der Waals surface area contributed by atoms with Gasteiger partial charge in [0.15, 0.2) is 0 Å². The maximum Gasteiger partial charge on any atom is 0.124 e. The normalized spacial score (nSPS) is 16.4. The van der Waals surface area contributed by atoms with Gasteiger partial charge in [0.25, 0.3) is 0 Å². The topological polar surface area (TPSA) is 44.5 Å². The van der Waals surface area contributed by atoms with E-state index in [2.05, 4.69) is 18.2 Å².